The molecule has 0 aliphatic heterocycles. The van der Waals surface area contributed by atoms with Crippen LogP contribution in [0.15, 0.2) is 146 Å². The Balaban J connectivity index is 1.79. The smallest absolute Gasteiger partial charge is 0.0590 e. The number of hydrogen-bond donors (Lipinski definition) is 0. The third-order valence-corrected chi connectivity index (χ3v) is 11.1. The molecule has 0 unspecified atom stereocenters. The van der Waals surface area contributed by atoms with Gasteiger partial charge >= 0.3 is 0 Å². The van der Waals surface area contributed by atoms with Crippen LogP contribution in [0.1, 0.15) is 0 Å². The van der Waals surface area contributed by atoms with Crippen LogP contribution < -0.4 is 25.7 Å². The van der Waals surface area contributed by atoms with Crippen molar-refractivity contribution in [2.45, 2.75) is 0 Å². The molecule has 1 nitrogen and oxygen atoms in total. The zero-order chi connectivity index (χ0) is 23.2. The number of halogens is 1. The summed E-state index contributed by atoms with van der Waals surface area (Å²) in [5.74, 6) is 0. The van der Waals surface area contributed by atoms with Crippen LogP contribution in [0.3, 0.4) is 0 Å². The first-order chi connectivity index (χ1) is 16.8. The maximum Gasteiger partial charge on any atom is 0.0590 e. The first-order valence-corrected chi connectivity index (χ1v) is 14.1. The topological polar surface area (TPSA) is 3.24 Å². The van der Waals surface area contributed by atoms with E-state index in [-0.39, 0.29) is 0 Å². The van der Waals surface area contributed by atoms with Gasteiger partial charge in [0, 0.05) is 31.9 Å². The van der Waals surface area contributed by atoms with Crippen LogP contribution in [0.5, 0.6) is 0 Å². The molecular weight excluding hydrogens is 472 g/mol. The van der Waals surface area contributed by atoms with E-state index in [4.69, 9.17) is 11.6 Å². The van der Waals surface area contributed by atoms with Gasteiger partial charge in [-0.1, -0.05) is 133 Å². The van der Waals surface area contributed by atoms with E-state index in [1.807, 2.05) is 12.1 Å². The lowest BCUT2D eigenvalue weighted by Crippen LogP contribution is -2.31. The summed E-state index contributed by atoms with van der Waals surface area (Å²) in [6, 6.07) is 51.8. The lowest BCUT2D eigenvalue weighted by Gasteiger charge is -2.40. The lowest BCUT2D eigenvalue weighted by molar-refractivity contribution is 1.56. The summed E-state index contributed by atoms with van der Waals surface area (Å²) in [6.07, 6.45) is 0. The van der Waals surface area contributed by atoms with Crippen molar-refractivity contribution in [3.8, 4) is 0 Å². The van der Waals surface area contributed by atoms with E-state index < -0.39 is 16.1 Å². The van der Waals surface area contributed by atoms with Crippen LogP contribution in [-0.2, 0) is 0 Å². The molecular formula is C30H24ClNP2. The molecule has 4 heteroatoms. The summed E-state index contributed by atoms with van der Waals surface area (Å²) in [5, 5.41) is 6.02. The molecule has 166 valence electrons. The molecule has 0 atom stereocenters. The number of benzene rings is 5. The van der Waals surface area contributed by atoms with Crippen LogP contribution >= 0.6 is 27.7 Å². The second-order valence-electron chi connectivity index (χ2n) is 7.73. The number of nitrogens with zero attached hydrogens (tertiary/aromatic N) is 1. The Morgan fingerprint density at radius 1 is 0.382 bits per heavy atom. The van der Waals surface area contributed by atoms with E-state index in [9.17, 15) is 0 Å². The molecule has 0 aliphatic carbocycles. The number of anilines is 1. The average molecular weight is 496 g/mol. The summed E-state index contributed by atoms with van der Waals surface area (Å²) in [6.45, 7) is 0. The van der Waals surface area contributed by atoms with E-state index in [0.717, 1.165) is 5.02 Å². The SMILES string of the molecule is Clc1ccc(N(P(c2ccccc2)c2ccccc2)P(c2ccccc2)c2ccccc2)cc1. The van der Waals surface area contributed by atoms with Crippen LogP contribution in [0.2, 0.25) is 5.02 Å². The number of rotatable bonds is 7. The van der Waals surface area contributed by atoms with Gasteiger partial charge in [0.1, 0.15) is 0 Å². The molecule has 5 aromatic carbocycles. The van der Waals surface area contributed by atoms with Gasteiger partial charge in [-0.05, 0) is 24.3 Å². The Kier molecular flexibility index (Phi) is 7.37. The molecule has 0 radical (unpaired) electrons. The largest absolute Gasteiger partial charge is 0.313 e. The summed E-state index contributed by atoms with van der Waals surface area (Å²) < 4.78 is 2.65. The molecule has 34 heavy (non-hydrogen) atoms. The van der Waals surface area contributed by atoms with Crippen molar-refractivity contribution < 1.29 is 0 Å². The van der Waals surface area contributed by atoms with Gasteiger partial charge < -0.3 is 4.44 Å². The van der Waals surface area contributed by atoms with E-state index in [0.29, 0.717) is 0 Å². The highest BCUT2D eigenvalue weighted by atomic mass is 35.5. The van der Waals surface area contributed by atoms with E-state index in [1.165, 1.54) is 26.9 Å². The highest BCUT2D eigenvalue weighted by molar-refractivity contribution is 7.90. The van der Waals surface area contributed by atoms with Crippen LogP contribution in [0.25, 0.3) is 0 Å². The Labute approximate surface area is 209 Å². The molecule has 0 amide bonds. The van der Waals surface area contributed by atoms with Crippen LogP contribution in [-0.4, -0.2) is 0 Å². The molecule has 0 fully saturated rings. The Hall–Kier alpha value is -2.95. The molecule has 0 aliphatic rings. The normalized spacial score (nSPS) is 11.0. The van der Waals surface area contributed by atoms with Gasteiger partial charge in [-0.15, -0.1) is 0 Å². The Morgan fingerprint density at radius 2 is 0.676 bits per heavy atom. The van der Waals surface area contributed by atoms with Crippen molar-refractivity contribution in [3.63, 3.8) is 0 Å². The third-order valence-electron chi connectivity index (χ3n) is 5.44. The van der Waals surface area contributed by atoms with Crippen molar-refractivity contribution in [2.24, 2.45) is 0 Å². The standard InChI is InChI=1S/C30H24ClNP2/c31-25-21-23-26(24-22-25)32(33(27-13-5-1-6-14-27)28-15-7-2-8-16-28)34(29-17-9-3-10-18-29)30-19-11-4-12-20-30/h1-24H. The Bertz CT molecular complexity index is 1140. The molecule has 0 heterocycles. The van der Waals surface area contributed by atoms with Gasteiger partial charge in [0.2, 0.25) is 0 Å². The molecule has 0 N–H and O–H groups in total. The van der Waals surface area contributed by atoms with Gasteiger partial charge in [-0.25, -0.2) is 0 Å². The third kappa shape index (κ3) is 5.08. The zero-order valence-corrected chi connectivity index (χ0v) is 21.1. The lowest BCUT2D eigenvalue weighted by atomic mass is 10.3. The summed E-state index contributed by atoms with van der Waals surface area (Å²) in [5.41, 5.74) is 1.17. The van der Waals surface area contributed by atoms with Gasteiger partial charge in [0.05, 0.1) is 16.1 Å². The Morgan fingerprint density at radius 3 is 0.971 bits per heavy atom. The minimum Gasteiger partial charge on any atom is -0.313 e. The molecule has 0 aromatic heterocycles. The minimum atomic E-state index is -0.868. The highest BCUT2D eigenvalue weighted by Crippen LogP contribution is 2.57. The van der Waals surface area contributed by atoms with Gasteiger partial charge in [0.15, 0.2) is 0 Å². The molecule has 0 saturated heterocycles. The van der Waals surface area contributed by atoms with Crippen molar-refractivity contribution in [3.05, 3.63) is 151 Å². The second-order valence-corrected chi connectivity index (χ2v) is 12.6. The van der Waals surface area contributed by atoms with Gasteiger partial charge in [-0.3, -0.25) is 0 Å². The van der Waals surface area contributed by atoms with Gasteiger partial charge in [-0.2, -0.15) is 0 Å². The second kappa shape index (κ2) is 11.0. The fourth-order valence-corrected chi connectivity index (χ4v) is 10.0. The average Bonchev–Trinajstić information content (AvgIpc) is 2.91. The number of hydrogen-bond acceptors (Lipinski definition) is 1. The highest BCUT2D eigenvalue weighted by Gasteiger charge is 2.32. The van der Waals surface area contributed by atoms with Gasteiger partial charge in [0.25, 0.3) is 0 Å². The maximum atomic E-state index is 6.34. The maximum absolute atomic E-state index is 6.34. The zero-order valence-electron chi connectivity index (χ0n) is 18.6. The minimum absolute atomic E-state index is 0.746. The van der Waals surface area contributed by atoms with E-state index in [2.05, 4.69) is 138 Å². The first kappa shape index (κ1) is 22.8. The predicted molar refractivity (Wildman–Crippen MR) is 152 cm³/mol. The molecule has 5 aromatic rings. The first-order valence-electron chi connectivity index (χ1n) is 11.2. The summed E-state index contributed by atoms with van der Waals surface area (Å²) in [4.78, 5) is 0. The van der Waals surface area contributed by atoms with Crippen molar-refractivity contribution in [1.29, 1.82) is 0 Å². The van der Waals surface area contributed by atoms with Crippen molar-refractivity contribution in [2.75, 3.05) is 4.44 Å². The summed E-state index contributed by atoms with van der Waals surface area (Å²) >= 11 is 6.34. The van der Waals surface area contributed by atoms with E-state index in [1.54, 1.807) is 0 Å². The van der Waals surface area contributed by atoms with Crippen LogP contribution in [0.4, 0.5) is 5.69 Å². The molecule has 0 spiro atoms. The quantitative estimate of drug-likeness (QED) is 0.215. The summed E-state index contributed by atoms with van der Waals surface area (Å²) in [7, 11) is -1.74. The fraction of sp³-hybridized carbons (Fsp3) is 0. The van der Waals surface area contributed by atoms with Crippen molar-refractivity contribution in [1.82, 2.24) is 0 Å². The van der Waals surface area contributed by atoms with E-state index >= 15 is 0 Å². The van der Waals surface area contributed by atoms with Crippen LogP contribution in [0, 0.1) is 0 Å². The fourth-order valence-electron chi connectivity index (χ4n) is 3.91. The molecule has 0 bridgehead atoms. The predicted octanol–water partition coefficient (Wildman–Crippen LogP) is 7.24. The molecule has 0 saturated carbocycles. The molecule has 5 rings (SSSR count). The van der Waals surface area contributed by atoms with Crippen molar-refractivity contribution >= 4 is 54.7 Å². The monoisotopic (exact) mass is 495 g/mol.